The monoisotopic (exact) mass is 358 g/mol. The number of anilines is 1. The molecule has 1 saturated heterocycles. The number of carbonyl (C=O) groups excluding carboxylic acids is 3. The first kappa shape index (κ1) is 18.2. The maximum Gasteiger partial charge on any atom is 0.320 e. The molecule has 3 rings (SSSR count). The van der Waals surface area contributed by atoms with Crippen LogP contribution in [0.15, 0.2) is 30.3 Å². The van der Waals surface area contributed by atoms with Gasteiger partial charge in [0.2, 0.25) is 11.8 Å². The molecule has 26 heavy (non-hydrogen) atoms. The SMILES string of the molecule is CC(=O)N1CCN(C(=O)C2(NC(=O)Nc3ccccc3)CCCC2)CC1. The first-order valence-corrected chi connectivity index (χ1v) is 9.19. The second kappa shape index (κ2) is 7.76. The lowest BCUT2D eigenvalue weighted by atomic mass is 9.95. The van der Waals surface area contributed by atoms with Gasteiger partial charge in [0, 0.05) is 38.8 Å². The lowest BCUT2D eigenvalue weighted by molar-refractivity contribution is -0.143. The Morgan fingerprint density at radius 3 is 2.08 bits per heavy atom. The van der Waals surface area contributed by atoms with Crippen molar-refractivity contribution in [1.82, 2.24) is 15.1 Å². The predicted molar refractivity (Wildman–Crippen MR) is 98.6 cm³/mol. The summed E-state index contributed by atoms with van der Waals surface area (Å²) in [6.45, 7) is 3.68. The van der Waals surface area contributed by atoms with Crippen LogP contribution in [-0.4, -0.2) is 59.4 Å². The van der Waals surface area contributed by atoms with Crippen molar-refractivity contribution >= 4 is 23.5 Å². The summed E-state index contributed by atoms with van der Waals surface area (Å²) in [5.74, 6) is 0.00876. The van der Waals surface area contributed by atoms with Crippen LogP contribution in [0.1, 0.15) is 32.6 Å². The molecule has 1 heterocycles. The Hall–Kier alpha value is -2.57. The Morgan fingerprint density at radius 1 is 0.923 bits per heavy atom. The zero-order valence-corrected chi connectivity index (χ0v) is 15.2. The topological polar surface area (TPSA) is 81.8 Å². The number of hydrogen-bond donors (Lipinski definition) is 2. The third-order valence-electron chi connectivity index (χ3n) is 5.26. The summed E-state index contributed by atoms with van der Waals surface area (Å²) in [7, 11) is 0. The van der Waals surface area contributed by atoms with Gasteiger partial charge in [-0.3, -0.25) is 9.59 Å². The molecule has 2 aliphatic rings. The van der Waals surface area contributed by atoms with Crippen LogP contribution in [0.25, 0.3) is 0 Å². The Bertz CT molecular complexity index is 663. The van der Waals surface area contributed by atoms with Gasteiger partial charge in [0.15, 0.2) is 0 Å². The van der Waals surface area contributed by atoms with Gasteiger partial charge in [-0.05, 0) is 25.0 Å². The van der Waals surface area contributed by atoms with Gasteiger partial charge in [-0.1, -0.05) is 31.0 Å². The normalized spacial score (nSPS) is 19.1. The molecule has 1 aromatic rings. The molecule has 4 amide bonds. The van der Waals surface area contributed by atoms with Crippen LogP contribution in [0, 0.1) is 0 Å². The second-order valence-corrected chi connectivity index (χ2v) is 7.03. The minimum Gasteiger partial charge on any atom is -0.339 e. The minimum atomic E-state index is -0.836. The van der Waals surface area contributed by atoms with Crippen LogP contribution in [0.4, 0.5) is 10.5 Å². The summed E-state index contributed by atoms with van der Waals surface area (Å²) >= 11 is 0. The standard InChI is InChI=1S/C19H26N4O3/c1-15(24)22-11-13-23(14-12-22)17(25)19(9-5-6-10-19)21-18(26)20-16-7-3-2-4-8-16/h2-4,7-8H,5-6,9-14H2,1H3,(H2,20,21,26). The summed E-state index contributed by atoms with van der Waals surface area (Å²) < 4.78 is 0. The molecule has 0 radical (unpaired) electrons. The summed E-state index contributed by atoms with van der Waals surface area (Å²) in [5.41, 5.74) is -0.141. The van der Waals surface area contributed by atoms with E-state index in [1.165, 1.54) is 0 Å². The maximum absolute atomic E-state index is 13.2. The van der Waals surface area contributed by atoms with Crippen LogP contribution in [0.5, 0.6) is 0 Å². The third-order valence-corrected chi connectivity index (χ3v) is 5.26. The molecule has 0 spiro atoms. The molecular formula is C19H26N4O3. The molecule has 7 heteroatoms. The van der Waals surface area contributed by atoms with Crippen molar-refractivity contribution in [3.05, 3.63) is 30.3 Å². The number of urea groups is 1. The fraction of sp³-hybridized carbons (Fsp3) is 0.526. The van der Waals surface area contributed by atoms with Crippen molar-refractivity contribution in [2.75, 3.05) is 31.5 Å². The fourth-order valence-electron chi connectivity index (χ4n) is 3.80. The van der Waals surface area contributed by atoms with E-state index in [0.29, 0.717) is 44.7 Å². The van der Waals surface area contributed by atoms with Gasteiger partial charge in [0.05, 0.1) is 0 Å². The molecule has 2 N–H and O–H groups in total. The van der Waals surface area contributed by atoms with E-state index in [1.807, 2.05) is 30.3 Å². The van der Waals surface area contributed by atoms with Crippen LogP contribution in [0.2, 0.25) is 0 Å². The maximum atomic E-state index is 13.2. The largest absolute Gasteiger partial charge is 0.339 e. The van der Waals surface area contributed by atoms with E-state index in [-0.39, 0.29) is 17.8 Å². The van der Waals surface area contributed by atoms with Crippen molar-refractivity contribution < 1.29 is 14.4 Å². The third kappa shape index (κ3) is 3.98. The highest BCUT2D eigenvalue weighted by atomic mass is 16.2. The molecular weight excluding hydrogens is 332 g/mol. The van der Waals surface area contributed by atoms with Gasteiger partial charge in [0.25, 0.3) is 0 Å². The molecule has 2 fully saturated rings. The van der Waals surface area contributed by atoms with Crippen molar-refractivity contribution in [1.29, 1.82) is 0 Å². The van der Waals surface area contributed by atoms with Gasteiger partial charge in [-0.15, -0.1) is 0 Å². The molecule has 1 aromatic carbocycles. The van der Waals surface area contributed by atoms with Gasteiger partial charge >= 0.3 is 6.03 Å². The summed E-state index contributed by atoms with van der Waals surface area (Å²) in [5, 5.41) is 5.75. The number of piperazine rings is 1. The number of nitrogens with zero attached hydrogens (tertiary/aromatic N) is 2. The van der Waals surface area contributed by atoms with Gasteiger partial charge in [-0.25, -0.2) is 4.79 Å². The van der Waals surface area contributed by atoms with E-state index >= 15 is 0 Å². The Kier molecular flexibility index (Phi) is 5.44. The molecule has 0 aromatic heterocycles. The van der Waals surface area contributed by atoms with E-state index in [2.05, 4.69) is 10.6 Å². The van der Waals surface area contributed by atoms with Gasteiger partial charge < -0.3 is 20.4 Å². The van der Waals surface area contributed by atoms with E-state index in [0.717, 1.165) is 12.8 Å². The Morgan fingerprint density at radius 2 is 1.50 bits per heavy atom. The summed E-state index contributed by atoms with van der Waals surface area (Å²) in [4.78, 5) is 40.6. The van der Waals surface area contributed by atoms with Crippen LogP contribution >= 0.6 is 0 Å². The Balaban J connectivity index is 1.64. The number of benzene rings is 1. The van der Waals surface area contributed by atoms with Crippen molar-refractivity contribution in [3.63, 3.8) is 0 Å². The van der Waals surface area contributed by atoms with Crippen LogP contribution < -0.4 is 10.6 Å². The molecule has 1 aliphatic heterocycles. The molecule has 0 unspecified atom stereocenters. The highest BCUT2D eigenvalue weighted by Crippen LogP contribution is 2.32. The fourth-order valence-corrected chi connectivity index (χ4v) is 3.80. The highest BCUT2D eigenvalue weighted by Gasteiger charge is 2.45. The van der Waals surface area contributed by atoms with Crippen LogP contribution in [0.3, 0.4) is 0 Å². The number of amides is 4. The van der Waals surface area contributed by atoms with Gasteiger partial charge in [0.1, 0.15) is 5.54 Å². The summed E-state index contributed by atoms with van der Waals surface area (Å²) in [6, 6.07) is 8.84. The lowest BCUT2D eigenvalue weighted by Crippen LogP contribution is -2.62. The summed E-state index contributed by atoms with van der Waals surface area (Å²) in [6.07, 6.45) is 3.15. The Labute approximate surface area is 153 Å². The highest BCUT2D eigenvalue weighted by molar-refractivity contribution is 5.96. The zero-order chi connectivity index (χ0) is 18.6. The number of carbonyl (C=O) groups is 3. The quantitative estimate of drug-likeness (QED) is 0.865. The number of para-hydroxylation sites is 1. The van der Waals surface area contributed by atoms with Crippen molar-refractivity contribution in [2.24, 2.45) is 0 Å². The molecule has 1 saturated carbocycles. The number of hydrogen-bond acceptors (Lipinski definition) is 3. The van der Waals surface area contributed by atoms with Gasteiger partial charge in [-0.2, -0.15) is 0 Å². The average Bonchev–Trinajstić information content (AvgIpc) is 3.11. The molecule has 1 aliphatic carbocycles. The predicted octanol–water partition coefficient (Wildman–Crippen LogP) is 1.81. The van der Waals surface area contributed by atoms with E-state index < -0.39 is 5.54 Å². The number of nitrogens with one attached hydrogen (secondary N) is 2. The molecule has 0 atom stereocenters. The smallest absolute Gasteiger partial charge is 0.320 e. The average molecular weight is 358 g/mol. The molecule has 7 nitrogen and oxygen atoms in total. The first-order chi connectivity index (χ1) is 12.5. The second-order valence-electron chi connectivity index (χ2n) is 7.03. The first-order valence-electron chi connectivity index (χ1n) is 9.19. The number of rotatable bonds is 3. The lowest BCUT2D eigenvalue weighted by Gasteiger charge is -2.39. The van der Waals surface area contributed by atoms with Crippen LogP contribution in [-0.2, 0) is 9.59 Å². The molecule has 140 valence electrons. The van der Waals surface area contributed by atoms with E-state index in [1.54, 1.807) is 16.7 Å². The zero-order valence-electron chi connectivity index (χ0n) is 15.2. The van der Waals surface area contributed by atoms with E-state index in [9.17, 15) is 14.4 Å². The molecule has 0 bridgehead atoms. The minimum absolute atomic E-state index is 0.0265. The van der Waals surface area contributed by atoms with Crippen molar-refractivity contribution in [2.45, 2.75) is 38.1 Å². The van der Waals surface area contributed by atoms with E-state index in [4.69, 9.17) is 0 Å². The van der Waals surface area contributed by atoms with Crippen molar-refractivity contribution in [3.8, 4) is 0 Å².